The van der Waals surface area contributed by atoms with Gasteiger partial charge in [-0.2, -0.15) is 4.98 Å². The van der Waals surface area contributed by atoms with E-state index in [4.69, 9.17) is 9.47 Å². The summed E-state index contributed by atoms with van der Waals surface area (Å²) < 4.78 is 11.3. The van der Waals surface area contributed by atoms with Crippen molar-refractivity contribution in [1.82, 2.24) is 9.97 Å². The van der Waals surface area contributed by atoms with E-state index in [-0.39, 0.29) is 5.41 Å². The third-order valence-corrected chi connectivity index (χ3v) is 3.42. The molecule has 1 atom stereocenters. The number of halogens is 1. The van der Waals surface area contributed by atoms with Gasteiger partial charge in [0.25, 0.3) is 0 Å². The Kier molecular flexibility index (Phi) is 3.83. The maximum absolute atomic E-state index is 5.40. The molecule has 2 rings (SSSR count). The fraction of sp³-hybridized carbons (Fsp3) is 0.636. The second-order valence-electron chi connectivity index (χ2n) is 4.52. The van der Waals surface area contributed by atoms with Gasteiger partial charge in [0, 0.05) is 18.6 Å². The fourth-order valence-electron chi connectivity index (χ4n) is 1.72. The summed E-state index contributed by atoms with van der Waals surface area (Å²) in [4.78, 5) is 8.44. The number of rotatable bonds is 4. The molecule has 1 saturated heterocycles. The standard InChI is InChI=1S/C11H16BrN3O2/c1-11(3-4-17-7-11)6-14-10-13-5-8(12)9(15-10)16-2/h5H,3-4,6-7H2,1-2H3,(H,13,14,15). The molecule has 0 saturated carbocycles. The summed E-state index contributed by atoms with van der Waals surface area (Å²) in [5.74, 6) is 1.12. The highest BCUT2D eigenvalue weighted by atomic mass is 79.9. The number of nitrogens with zero attached hydrogens (tertiary/aromatic N) is 2. The van der Waals surface area contributed by atoms with Crippen molar-refractivity contribution in [3.8, 4) is 5.88 Å². The SMILES string of the molecule is COc1nc(NCC2(C)CCOC2)ncc1Br. The maximum Gasteiger partial charge on any atom is 0.232 e. The molecule has 2 heterocycles. The summed E-state index contributed by atoms with van der Waals surface area (Å²) in [7, 11) is 1.59. The molecule has 1 aliphatic heterocycles. The predicted molar refractivity (Wildman–Crippen MR) is 68.3 cm³/mol. The van der Waals surface area contributed by atoms with Crippen molar-refractivity contribution >= 4 is 21.9 Å². The van der Waals surface area contributed by atoms with Crippen LogP contribution in [0.4, 0.5) is 5.95 Å². The van der Waals surface area contributed by atoms with Crippen LogP contribution in [-0.2, 0) is 4.74 Å². The summed E-state index contributed by atoms with van der Waals surface area (Å²) in [6, 6.07) is 0. The molecule has 1 aromatic rings. The third-order valence-electron chi connectivity index (χ3n) is 2.88. The number of aromatic nitrogens is 2. The van der Waals surface area contributed by atoms with Gasteiger partial charge < -0.3 is 14.8 Å². The first-order valence-corrected chi connectivity index (χ1v) is 6.30. The Hall–Kier alpha value is -0.880. The van der Waals surface area contributed by atoms with E-state index < -0.39 is 0 Å². The fourth-order valence-corrected chi connectivity index (χ4v) is 2.07. The van der Waals surface area contributed by atoms with E-state index in [0.29, 0.717) is 11.8 Å². The van der Waals surface area contributed by atoms with E-state index in [2.05, 4.69) is 38.1 Å². The zero-order valence-corrected chi connectivity index (χ0v) is 11.6. The molecule has 0 radical (unpaired) electrons. The summed E-state index contributed by atoms with van der Waals surface area (Å²) in [6.45, 7) is 4.62. The van der Waals surface area contributed by atoms with Crippen LogP contribution in [-0.4, -0.2) is 36.8 Å². The number of methoxy groups -OCH3 is 1. The second-order valence-corrected chi connectivity index (χ2v) is 5.37. The lowest BCUT2D eigenvalue weighted by atomic mass is 9.90. The minimum atomic E-state index is 0.170. The lowest BCUT2D eigenvalue weighted by Crippen LogP contribution is -2.27. The van der Waals surface area contributed by atoms with Gasteiger partial charge in [-0.25, -0.2) is 4.98 Å². The molecule has 1 aliphatic rings. The molecule has 0 bridgehead atoms. The number of ether oxygens (including phenoxy) is 2. The first-order chi connectivity index (χ1) is 8.13. The Morgan fingerprint density at radius 1 is 1.65 bits per heavy atom. The molecule has 6 heteroatoms. The van der Waals surface area contributed by atoms with Gasteiger partial charge in [0.1, 0.15) is 0 Å². The van der Waals surface area contributed by atoms with Crippen LogP contribution >= 0.6 is 15.9 Å². The van der Waals surface area contributed by atoms with Gasteiger partial charge in [-0.3, -0.25) is 0 Å². The van der Waals surface area contributed by atoms with Gasteiger partial charge in [0.15, 0.2) is 0 Å². The average molecular weight is 302 g/mol. The Morgan fingerprint density at radius 3 is 3.12 bits per heavy atom. The molecule has 0 spiro atoms. The van der Waals surface area contributed by atoms with E-state index in [1.165, 1.54) is 0 Å². The summed E-state index contributed by atoms with van der Waals surface area (Å²) in [5.41, 5.74) is 0.170. The molecule has 1 unspecified atom stereocenters. The molecular formula is C11H16BrN3O2. The van der Waals surface area contributed by atoms with E-state index in [1.54, 1.807) is 13.3 Å². The van der Waals surface area contributed by atoms with Crippen molar-refractivity contribution in [2.75, 3.05) is 32.2 Å². The molecule has 1 aromatic heterocycles. The van der Waals surface area contributed by atoms with E-state index in [0.717, 1.165) is 30.7 Å². The molecule has 1 N–H and O–H groups in total. The van der Waals surface area contributed by atoms with Crippen LogP contribution in [0, 0.1) is 5.41 Å². The highest BCUT2D eigenvalue weighted by Crippen LogP contribution is 2.28. The van der Waals surface area contributed by atoms with Crippen LogP contribution in [0.3, 0.4) is 0 Å². The predicted octanol–water partition coefficient (Wildman–Crippen LogP) is 2.09. The van der Waals surface area contributed by atoms with Crippen LogP contribution in [0.25, 0.3) is 0 Å². The summed E-state index contributed by atoms with van der Waals surface area (Å²) >= 11 is 3.32. The molecule has 0 aromatic carbocycles. The van der Waals surface area contributed by atoms with Crippen molar-refractivity contribution in [2.24, 2.45) is 5.41 Å². The van der Waals surface area contributed by atoms with Gasteiger partial charge in [0.2, 0.25) is 11.8 Å². The van der Waals surface area contributed by atoms with Crippen molar-refractivity contribution in [1.29, 1.82) is 0 Å². The van der Waals surface area contributed by atoms with Crippen LogP contribution in [0.2, 0.25) is 0 Å². The quantitative estimate of drug-likeness (QED) is 0.923. The monoisotopic (exact) mass is 301 g/mol. The topological polar surface area (TPSA) is 56.3 Å². The minimum absolute atomic E-state index is 0.170. The molecule has 0 amide bonds. The summed E-state index contributed by atoms with van der Waals surface area (Å²) in [5, 5.41) is 3.23. The summed E-state index contributed by atoms with van der Waals surface area (Å²) in [6.07, 6.45) is 2.75. The van der Waals surface area contributed by atoms with Crippen LogP contribution in [0.5, 0.6) is 5.88 Å². The Labute approximate surface area is 109 Å². The molecular weight excluding hydrogens is 286 g/mol. The highest BCUT2D eigenvalue weighted by Gasteiger charge is 2.29. The minimum Gasteiger partial charge on any atom is -0.480 e. The van der Waals surface area contributed by atoms with Crippen LogP contribution < -0.4 is 10.1 Å². The first-order valence-electron chi connectivity index (χ1n) is 5.51. The van der Waals surface area contributed by atoms with Crippen molar-refractivity contribution in [3.05, 3.63) is 10.7 Å². The van der Waals surface area contributed by atoms with E-state index in [9.17, 15) is 0 Å². The maximum atomic E-state index is 5.40. The Balaban J connectivity index is 1.99. The average Bonchev–Trinajstić information content (AvgIpc) is 2.76. The van der Waals surface area contributed by atoms with Crippen molar-refractivity contribution < 1.29 is 9.47 Å². The lowest BCUT2D eigenvalue weighted by Gasteiger charge is -2.21. The molecule has 1 fully saturated rings. The van der Waals surface area contributed by atoms with Crippen molar-refractivity contribution in [3.63, 3.8) is 0 Å². The van der Waals surface area contributed by atoms with Gasteiger partial charge >= 0.3 is 0 Å². The van der Waals surface area contributed by atoms with Gasteiger partial charge in [-0.1, -0.05) is 6.92 Å². The number of hydrogen-bond donors (Lipinski definition) is 1. The molecule has 0 aliphatic carbocycles. The largest absolute Gasteiger partial charge is 0.480 e. The number of nitrogens with one attached hydrogen (secondary N) is 1. The van der Waals surface area contributed by atoms with E-state index in [1.807, 2.05) is 0 Å². The third kappa shape index (κ3) is 3.07. The van der Waals surface area contributed by atoms with Gasteiger partial charge in [-0.05, 0) is 22.4 Å². The first kappa shape index (κ1) is 12.6. The van der Waals surface area contributed by atoms with Crippen molar-refractivity contribution in [2.45, 2.75) is 13.3 Å². The second kappa shape index (κ2) is 5.18. The Bertz CT molecular complexity index is 394. The van der Waals surface area contributed by atoms with Gasteiger partial charge in [-0.15, -0.1) is 0 Å². The highest BCUT2D eigenvalue weighted by molar-refractivity contribution is 9.10. The normalized spacial score (nSPS) is 23.7. The number of anilines is 1. The lowest BCUT2D eigenvalue weighted by molar-refractivity contribution is 0.164. The zero-order valence-electron chi connectivity index (χ0n) is 9.99. The Morgan fingerprint density at radius 2 is 2.47 bits per heavy atom. The molecule has 94 valence electrons. The molecule has 17 heavy (non-hydrogen) atoms. The van der Waals surface area contributed by atoms with Gasteiger partial charge in [0.05, 0.1) is 24.4 Å². The van der Waals surface area contributed by atoms with Crippen LogP contribution in [0.15, 0.2) is 10.7 Å². The van der Waals surface area contributed by atoms with Crippen LogP contribution in [0.1, 0.15) is 13.3 Å². The number of hydrogen-bond acceptors (Lipinski definition) is 5. The van der Waals surface area contributed by atoms with E-state index >= 15 is 0 Å². The smallest absolute Gasteiger partial charge is 0.232 e. The zero-order chi connectivity index (χ0) is 12.3. The molecule has 5 nitrogen and oxygen atoms in total.